The van der Waals surface area contributed by atoms with E-state index in [1.807, 2.05) is 20.8 Å². The van der Waals surface area contributed by atoms with E-state index in [0.717, 1.165) is 12.1 Å². The molecule has 0 bridgehead atoms. The van der Waals surface area contributed by atoms with Gasteiger partial charge in [-0.25, -0.2) is 4.98 Å². The van der Waals surface area contributed by atoms with Crippen LogP contribution in [0.25, 0.3) is 11.0 Å². The molecule has 9 heteroatoms. The lowest BCUT2D eigenvalue weighted by Gasteiger charge is -2.28. The molecule has 1 heterocycles. The molecule has 1 aromatic heterocycles. The number of aromatic nitrogens is 2. The number of benzene rings is 1. The van der Waals surface area contributed by atoms with Crippen molar-refractivity contribution in [2.75, 3.05) is 0 Å². The standard InChI is InChI=1S/C20H25F3N4OS/c1-6-9-27-16-10-14(20(21,22)23)7-8-15(16)25-18(27)29-13(4)17(28)26-19(5,11-24)12(2)3/h7-8,10,12-13H,6,9H2,1-5H3,(H,26,28)/t13-,19-/m0/s1. The third kappa shape index (κ3) is 5.04. The van der Waals surface area contributed by atoms with Gasteiger partial charge in [-0.1, -0.05) is 32.5 Å². The Morgan fingerprint density at radius 3 is 2.52 bits per heavy atom. The van der Waals surface area contributed by atoms with Crippen molar-refractivity contribution in [3.05, 3.63) is 23.8 Å². The highest BCUT2D eigenvalue weighted by atomic mass is 32.2. The lowest BCUT2D eigenvalue weighted by Crippen LogP contribution is -2.51. The van der Waals surface area contributed by atoms with E-state index in [9.17, 15) is 23.2 Å². The molecule has 2 rings (SSSR count). The van der Waals surface area contributed by atoms with Crippen molar-refractivity contribution < 1.29 is 18.0 Å². The van der Waals surface area contributed by atoms with Crippen molar-refractivity contribution in [3.8, 4) is 6.07 Å². The summed E-state index contributed by atoms with van der Waals surface area (Å²) >= 11 is 1.17. The fourth-order valence-electron chi connectivity index (χ4n) is 2.68. The highest BCUT2D eigenvalue weighted by Gasteiger charge is 2.33. The zero-order chi connectivity index (χ0) is 22.0. The lowest BCUT2D eigenvalue weighted by atomic mass is 9.90. The number of aryl methyl sites for hydroxylation is 1. The number of hydrogen-bond acceptors (Lipinski definition) is 4. The molecule has 0 aliphatic heterocycles. The molecule has 1 N–H and O–H groups in total. The van der Waals surface area contributed by atoms with E-state index < -0.39 is 22.5 Å². The van der Waals surface area contributed by atoms with Crippen LogP contribution in [0.3, 0.4) is 0 Å². The number of nitriles is 1. The third-order valence-electron chi connectivity index (χ3n) is 4.91. The number of fused-ring (bicyclic) bond motifs is 1. The second-order valence-electron chi connectivity index (χ2n) is 7.47. The Hall–Kier alpha value is -2.21. The Kier molecular flexibility index (Phi) is 6.89. The number of nitrogens with one attached hydrogen (secondary N) is 1. The minimum absolute atomic E-state index is 0.0842. The smallest absolute Gasteiger partial charge is 0.337 e. The predicted molar refractivity (Wildman–Crippen MR) is 107 cm³/mol. The average Bonchev–Trinajstić information content (AvgIpc) is 2.97. The first kappa shape index (κ1) is 23.1. The van der Waals surface area contributed by atoms with Crippen LogP contribution in [0, 0.1) is 17.2 Å². The van der Waals surface area contributed by atoms with Gasteiger partial charge < -0.3 is 9.88 Å². The van der Waals surface area contributed by atoms with Gasteiger partial charge in [0.25, 0.3) is 0 Å². The van der Waals surface area contributed by atoms with E-state index in [-0.39, 0.29) is 11.8 Å². The molecule has 1 aromatic carbocycles. The molecular weight excluding hydrogens is 401 g/mol. The summed E-state index contributed by atoms with van der Waals surface area (Å²) in [4.78, 5) is 17.1. The molecule has 2 atom stereocenters. The van der Waals surface area contributed by atoms with E-state index in [4.69, 9.17) is 0 Å². The van der Waals surface area contributed by atoms with E-state index in [2.05, 4.69) is 16.4 Å². The van der Waals surface area contributed by atoms with Crippen LogP contribution in [0.15, 0.2) is 23.4 Å². The Bertz CT molecular complexity index is 932. The van der Waals surface area contributed by atoms with E-state index in [1.54, 1.807) is 18.4 Å². The summed E-state index contributed by atoms with van der Waals surface area (Å²) in [6.07, 6.45) is -3.73. The Balaban J connectivity index is 2.34. The second-order valence-corrected chi connectivity index (χ2v) is 8.77. The number of thioether (sulfide) groups is 1. The van der Waals surface area contributed by atoms with Crippen LogP contribution in [0.4, 0.5) is 13.2 Å². The van der Waals surface area contributed by atoms with Crippen molar-refractivity contribution in [1.29, 1.82) is 5.26 Å². The molecular formula is C20H25F3N4OS. The SMILES string of the molecule is CCCn1c(S[C@@H](C)C(=O)N[C@@](C)(C#N)C(C)C)nc2ccc(C(F)(F)F)cc21. The predicted octanol–water partition coefficient (Wildman–Crippen LogP) is 5.00. The Labute approximate surface area is 172 Å². The zero-order valence-electron chi connectivity index (χ0n) is 17.1. The molecule has 2 aromatic rings. The number of halogens is 3. The normalized spacial score (nSPS) is 15.2. The van der Waals surface area contributed by atoms with Crippen molar-refractivity contribution >= 4 is 28.7 Å². The van der Waals surface area contributed by atoms with Gasteiger partial charge >= 0.3 is 6.18 Å². The van der Waals surface area contributed by atoms with Crippen molar-refractivity contribution in [2.24, 2.45) is 5.92 Å². The maximum atomic E-state index is 13.1. The van der Waals surface area contributed by atoms with Gasteiger partial charge in [0, 0.05) is 6.54 Å². The van der Waals surface area contributed by atoms with Gasteiger partial charge in [0.2, 0.25) is 5.91 Å². The van der Waals surface area contributed by atoms with Gasteiger partial charge in [-0.15, -0.1) is 0 Å². The number of hydrogen-bond donors (Lipinski definition) is 1. The summed E-state index contributed by atoms with van der Waals surface area (Å²) < 4.78 is 41.0. The molecule has 0 spiro atoms. The maximum Gasteiger partial charge on any atom is 0.416 e. The molecule has 0 fully saturated rings. The first-order chi connectivity index (χ1) is 13.4. The van der Waals surface area contributed by atoms with Crippen LogP contribution in [-0.2, 0) is 17.5 Å². The number of rotatable bonds is 7. The van der Waals surface area contributed by atoms with E-state index >= 15 is 0 Å². The topological polar surface area (TPSA) is 70.7 Å². The number of nitrogens with zero attached hydrogens (tertiary/aromatic N) is 3. The number of amides is 1. The largest absolute Gasteiger partial charge is 0.416 e. The van der Waals surface area contributed by atoms with E-state index in [1.165, 1.54) is 17.8 Å². The average molecular weight is 427 g/mol. The summed E-state index contributed by atoms with van der Waals surface area (Å²) in [5, 5.41) is 12.1. The Morgan fingerprint density at radius 2 is 2.00 bits per heavy atom. The van der Waals surface area contributed by atoms with Gasteiger partial charge in [0.15, 0.2) is 5.16 Å². The van der Waals surface area contributed by atoms with Crippen LogP contribution in [0.5, 0.6) is 0 Å². The number of alkyl halides is 3. The highest BCUT2D eigenvalue weighted by Crippen LogP contribution is 2.34. The zero-order valence-corrected chi connectivity index (χ0v) is 17.9. The molecule has 5 nitrogen and oxygen atoms in total. The van der Waals surface area contributed by atoms with Gasteiger partial charge in [-0.2, -0.15) is 18.4 Å². The van der Waals surface area contributed by atoms with Gasteiger partial charge in [0.1, 0.15) is 5.54 Å². The monoisotopic (exact) mass is 426 g/mol. The molecule has 0 aliphatic rings. The fourth-order valence-corrected chi connectivity index (χ4v) is 3.63. The van der Waals surface area contributed by atoms with E-state index in [0.29, 0.717) is 29.2 Å². The van der Waals surface area contributed by atoms with Crippen LogP contribution < -0.4 is 5.32 Å². The molecule has 0 radical (unpaired) electrons. The summed E-state index contributed by atoms with van der Waals surface area (Å²) in [5.41, 5.74) is -0.894. The molecule has 29 heavy (non-hydrogen) atoms. The summed E-state index contributed by atoms with van der Waals surface area (Å²) in [6, 6.07) is 5.59. The maximum absolute atomic E-state index is 13.1. The van der Waals surface area contributed by atoms with Crippen LogP contribution in [0.2, 0.25) is 0 Å². The molecule has 0 saturated carbocycles. The quantitative estimate of drug-likeness (QED) is 0.633. The van der Waals surface area contributed by atoms with Crippen LogP contribution in [0.1, 0.15) is 46.6 Å². The van der Waals surface area contributed by atoms with Crippen LogP contribution in [-0.4, -0.2) is 26.2 Å². The van der Waals surface area contributed by atoms with Gasteiger partial charge in [0.05, 0.1) is 27.9 Å². The molecule has 0 aliphatic carbocycles. The summed E-state index contributed by atoms with van der Waals surface area (Å²) in [5.74, 6) is -0.405. The van der Waals surface area contributed by atoms with Gasteiger partial charge in [-0.05, 0) is 44.4 Å². The fraction of sp³-hybridized carbons (Fsp3) is 0.550. The molecule has 158 valence electrons. The summed E-state index contributed by atoms with van der Waals surface area (Å²) in [7, 11) is 0. The first-order valence-electron chi connectivity index (χ1n) is 9.40. The van der Waals surface area contributed by atoms with Crippen LogP contribution >= 0.6 is 11.8 Å². The lowest BCUT2D eigenvalue weighted by molar-refractivity contribution is -0.137. The second kappa shape index (κ2) is 8.66. The van der Waals surface area contributed by atoms with Crippen molar-refractivity contribution in [1.82, 2.24) is 14.9 Å². The molecule has 0 unspecified atom stereocenters. The number of carbonyl (C=O) groups is 1. The number of imidazole rings is 1. The Morgan fingerprint density at radius 1 is 1.34 bits per heavy atom. The minimum Gasteiger partial charge on any atom is -0.337 e. The third-order valence-corrected chi connectivity index (χ3v) is 6.00. The minimum atomic E-state index is -4.44. The molecule has 0 saturated heterocycles. The first-order valence-corrected chi connectivity index (χ1v) is 10.3. The summed E-state index contributed by atoms with van der Waals surface area (Å²) in [6.45, 7) is 9.45. The number of carbonyl (C=O) groups excluding carboxylic acids is 1. The molecule has 1 amide bonds. The van der Waals surface area contributed by atoms with Gasteiger partial charge in [-0.3, -0.25) is 4.79 Å². The highest BCUT2D eigenvalue weighted by molar-refractivity contribution is 8.00. The van der Waals surface area contributed by atoms with Crippen molar-refractivity contribution in [3.63, 3.8) is 0 Å². The van der Waals surface area contributed by atoms with Crippen molar-refractivity contribution in [2.45, 2.75) is 69.7 Å².